The van der Waals surface area contributed by atoms with Gasteiger partial charge in [0.25, 0.3) is 0 Å². The van der Waals surface area contributed by atoms with Crippen molar-refractivity contribution in [2.24, 2.45) is 0 Å². The van der Waals surface area contributed by atoms with Crippen molar-refractivity contribution in [1.29, 1.82) is 0 Å². The molecule has 0 radical (unpaired) electrons. The van der Waals surface area contributed by atoms with E-state index in [1.54, 1.807) is 0 Å². The summed E-state index contributed by atoms with van der Waals surface area (Å²) in [6.45, 7) is 3.99. The van der Waals surface area contributed by atoms with Crippen LogP contribution in [0.25, 0.3) is 10.8 Å². The van der Waals surface area contributed by atoms with Crippen molar-refractivity contribution in [3.63, 3.8) is 0 Å². The maximum Gasteiger partial charge on any atom is 0.172 e. The Morgan fingerprint density at radius 3 is 2.56 bits per heavy atom. The molecule has 0 amide bonds. The van der Waals surface area contributed by atoms with Crippen LogP contribution in [0.2, 0.25) is 5.02 Å². The van der Waals surface area contributed by atoms with Gasteiger partial charge in [-0.05, 0) is 35.6 Å². The molecule has 0 unspecified atom stereocenters. The summed E-state index contributed by atoms with van der Waals surface area (Å²) in [5, 5.41) is 2.57. The van der Waals surface area contributed by atoms with Crippen molar-refractivity contribution in [2.45, 2.75) is 32.1 Å². The first-order chi connectivity index (χ1) is 13.2. The molecule has 3 heteroatoms. The lowest BCUT2D eigenvalue weighted by molar-refractivity contribution is 0.0966. The minimum absolute atomic E-state index is 0.118. The number of ketones is 1. The van der Waals surface area contributed by atoms with E-state index in [0.717, 1.165) is 41.4 Å². The first-order valence-corrected chi connectivity index (χ1v) is 10.1. The minimum Gasteiger partial charge on any atom is -0.370 e. The summed E-state index contributed by atoms with van der Waals surface area (Å²) >= 11 is 6.35. The normalized spacial score (nSPS) is 15.9. The van der Waals surface area contributed by atoms with Crippen LogP contribution < -0.4 is 4.90 Å². The van der Waals surface area contributed by atoms with Gasteiger partial charge in [-0.1, -0.05) is 73.8 Å². The van der Waals surface area contributed by atoms with Crippen molar-refractivity contribution in [1.82, 2.24) is 0 Å². The van der Waals surface area contributed by atoms with E-state index in [2.05, 4.69) is 30.0 Å². The number of halogens is 1. The second-order valence-corrected chi connectivity index (χ2v) is 7.68. The highest BCUT2D eigenvalue weighted by molar-refractivity contribution is 6.36. The first-order valence-electron chi connectivity index (χ1n) is 9.76. The molecule has 1 aliphatic heterocycles. The fourth-order valence-electron chi connectivity index (χ4n) is 4.14. The smallest absolute Gasteiger partial charge is 0.172 e. The third-order valence-corrected chi connectivity index (χ3v) is 5.87. The number of Topliss-reactive ketones (excluding diaryl/α,β-unsaturated/α-hetero) is 1. The number of carbonyl (C=O) groups excluding carboxylic acids is 1. The van der Waals surface area contributed by atoms with E-state index >= 15 is 0 Å². The maximum atomic E-state index is 13.5. The van der Waals surface area contributed by atoms with Gasteiger partial charge in [0.1, 0.15) is 0 Å². The van der Waals surface area contributed by atoms with E-state index in [0.29, 0.717) is 5.02 Å². The lowest BCUT2D eigenvalue weighted by Crippen LogP contribution is -2.25. The van der Waals surface area contributed by atoms with Gasteiger partial charge in [0.2, 0.25) is 0 Å². The molecule has 1 heterocycles. The van der Waals surface area contributed by atoms with E-state index in [9.17, 15) is 4.79 Å². The average molecular weight is 378 g/mol. The molecule has 0 N–H and O–H groups in total. The van der Waals surface area contributed by atoms with Crippen LogP contribution in [0.3, 0.4) is 0 Å². The van der Waals surface area contributed by atoms with Gasteiger partial charge in [0, 0.05) is 34.7 Å². The van der Waals surface area contributed by atoms with Crippen LogP contribution in [0.4, 0.5) is 5.69 Å². The summed E-state index contributed by atoms with van der Waals surface area (Å²) in [6, 6.07) is 20.0. The van der Waals surface area contributed by atoms with Gasteiger partial charge in [0.15, 0.2) is 5.78 Å². The molecule has 4 rings (SSSR count). The summed E-state index contributed by atoms with van der Waals surface area (Å²) in [7, 11) is 0. The van der Waals surface area contributed by atoms with Crippen molar-refractivity contribution in [2.75, 3.05) is 18.0 Å². The molecule has 0 spiro atoms. The number of rotatable bonds is 6. The Hall–Kier alpha value is -2.32. The Bertz CT molecular complexity index is 981. The minimum atomic E-state index is -0.118. The standard InChI is InChI=1S/C24H24ClNO/c1-2-3-8-15-26-16-21(19-11-6-7-12-23(19)26)24(27)20-13-14-22(25)18-10-5-4-9-17(18)20/h4-7,9-14,21H,2-3,8,15-16H2,1H3/t21-/m0/s1. The summed E-state index contributed by atoms with van der Waals surface area (Å²) in [4.78, 5) is 15.9. The van der Waals surface area contributed by atoms with Gasteiger partial charge in [-0.2, -0.15) is 0 Å². The van der Waals surface area contributed by atoms with Crippen LogP contribution in [-0.2, 0) is 0 Å². The summed E-state index contributed by atoms with van der Waals surface area (Å²) in [6.07, 6.45) is 3.59. The number of hydrogen-bond acceptors (Lipinski definition) is 2. The summed E-state index contributed by atoms with van der Waals surface area (Å²) in [5.74, 6) is 0.0701. The quantitative estimate of drug-likeness (QED) is 0.362. The van der Waals surface area contributed by atoms with Gasteiger partial charge in [-0.25, -0.2) is 0 Å². The average Bonchev–Trinajstić information content (AvgIpc) is 3.07. The predicted molar refractivity (Wildman–Crippen MR) is 114 cm³/mol. The van der Waals surface area contributed by atoms with Crippen LogP contribution in [0, 0.1) is 0 Å². The lowest BCUT2D eigenvalue weighted by Gasteiger charge is -2.19. The van der Waals surface area contributed by atoms with Crippen LogP contribution in [0.5, 0.6) is 0 Å². The van der Waals surface area contributed by atoms with Gasteiger partial charge in [-0.3, -0.25) is 4.79 Å². The number of nitrogens with zero attached hydrogens (tertiary/aromatic N) is 1. The molecule has 0 saturated heterocycles. The zero-order valence-corrected chi connectivity index (χ0v) is 16.4. The van der Waals surface area contributed by atoms with Crippen molar-refractivity contribution in [3.05, 3.63) is 76.8 Å². The van der Waals surface area contributed by atoms with Crippen molar-refractivity contribution >= 4 is 33.8 Å². The fraction of sp³-hybridized carbons (Fsp3) is 0.292. The Labute approximate surface area is 165 Å². The Morgan fingerprint density at radius 2 is 1.74 bits per heavy atom. The van der Waals surface area contributed by atoms with Crippen molar-refractivity contribution < 1.29 is 4.79 Å². The van der Waals surface area contributed by atoms with Gasteiger partial charge >= 0.3 is 0 Å². The highest BCUT2D eigenvalue weighted by Crippen LogP contribution is 2.39. The fourth-order valence-corrected chi connectivity index (χ4v) is 4.37. The molecule has 1 aliphatic rings. The molecule has 2 nitrogen and oxygen atoms in total. The zero-order valence-electron chi connectivity index (χ0n) is 15.6. The Morgan fingerprint density at radius 1 is 1.00 bits per heavy atom. The molecule has 0 fully saturated rings. The van der Waals surface area contributed by atoms with E-state index in [-0.39, 0.29) is 11.7 Å². The number of carbonyl (C=O) groups is 1. The molecule has 0 bridgehead atoms. The number of hydrogen-bond donors (Lipinski definition) is 0. The molecule has 27 heavy (non-hydrogen) atoms. The third kappa shape index (κ3) is 3.35. The van der Waals surface area contributed by atoms with E-state index in [1.807, 2.05) is 42.5 Å². The molecular formula is C24H24ClNO. The number of para-hydroxylation sites is 1. The second-order valence-electron chi connectivity index (χ2n) is 7.27. The summed E-state index contributed by atoms with van der Waals surface area (Å²) < 4.78 is 0. The topological polar surface area (TPSA) is 20.3 Å². The van der Waals surface area contributed by atoms with Crippen LogP contribution >= 0.6 is 11.6 Å². The van der Waals surface area contributed by atoms with Crippen LogP contribution in [0.1, 0.15) is 48.0 Å². The van der Waals surface area contributed by atoms with Crippen LogP contribution in [-0.4, -0.2) is 18.9 Å². The third-order valence-electron chi connectivity index (χ3n) is 5.54. The van der Waals surface area contributed by atoms with E-state index in [4.69, 9.17) is 11.6 Å². The van der Waals surface area contributed by atoms with E-state index in [1.165, 1.54) is 18.5 Å². The molecule has 0 saturated carbocycles. The monoisotopic (exact) mass is 377 g/mol. The molecule has 0 aliphatic carbocycles. The predicted octanol–water partition coefficient (Wildman–Crippen LogP) is 6.47. The SMILES string of the molecule is CCCCCN1C[C@H](C(=O)c2ccc(Cl)c3ccccc23)c2ccccc21. The van der Waals surface area contributed by atoms with E-state index < -0.39 is 0 Å². The highest BCUT2D eigenvalue weighted by atomic mass is 35.5. The highest BCUT2D eigenvalue weighted by Gasteiger charge is 2.34. The Kier molecular flexibility index (Phi) is 5.18. The zero-order chi connectivity index (χ0) is 18.8. The number of benzene rings is 3. The molecular weight excluding hydrogens is 354 g/mol. The van der Waals surface area contributed by atoms with Gasteiger partial charge in [-0.15, -0.1) is 0 Å². The Balaban J connectivity index is 1.70. The molecule has 0 aromatic heterocycles. The van der Waals surface area contributed by atoms with Gasteiger partial charge in [0.05, 0.1) is 5.92 Å². The summed E-state index contributed by atoms with van der Waals surface area (Å²) in [5.41, 5.74) is 3.13. The lowest BCUT2D eigenvalue weighted by atomic mass is 9.90. The van der Waals surface area contributed by atoms with Crippen molar-refractivity contribution in [3.8, 4) is 0 Å². The van der Waals surface area contributed by atoms with Crippen LogP contribution in [0.15, 0.2) is 60.7 Å². The molecule has 3 aromatic carbocycles. The number of anilines is 1. The van der Waals surface area contributed by atoms with Gasteiger partial charge < -0.3 is 4.90 Å². The largest absolute Gasteiger partial charge is 0.370 e. The number of fused-ring (bicyclic) bond motifs is 2. The second kappa shape index (κ2) is 7.74. The number of unbranched alkanes of at least 4 members (excludes halogenated alkanes) is 2. The molecule has 138 valence electrons. The maximum absolute atomic E-state index is 13.5. The molecule has 3 aromatic rings. The molecule has 1 atom stereocenters. The first kappa shape index (κ1) is 18.1.